The van der Waals surface area contributed by atoms with Gasteiger partial charge in [-0.15, -0.1) is 0 Å². The number of amidine groups is 1. The molecule has 1 saturated heterocycles. The van der Waals surface area contributed by atoms with E-state index in [1.807, 2.05) is 25.1 Å². The van der Waals surface area contributed by atoms with Crippen molar-refractivity contribution in [1.29, 1.82) is 0 Å². The largest absolute Gasteiger partial charge is 0.493 e. The van der Waals surface area contributed by atoms with E-state index in [9.17, 15) is 9.18 Å². The van der Waals surface area contributed by atoms with E-state index in [4.69, 9.17) is 21.1 Å². The van der Waals surface area contributed by atoms with Gasteiger partial charge in [0.1, 0.15) is 12.4 Å². The molecule has 0 aliphatic carbocycles. The Bertz CT molecular complexity index is 1330. The summed E-state index contributed by atoms with van der Waals surface area (Å²) in [6.07, 6.45) is 2.60. The van der Waals surface area contributed by atoms with E-state index >= 15 is 0 Å². The van der Waals surface area contributed by atoms with Crippen molar-refractivity contribution in [2.24, 2.45) is 4.99 Å². The average molecular weight is 590 g/mol. The van der Waals surface area contributed by atoms with Gasteiger partial charge >= 0.3 is 0 Å². The Morgan fingerprint density at radius 2 is 1.92 bits per heavy atom. The quantitative estimate of drug-likeness (QED) is 0.251. The van der Waals surface area contributed by atoms with Crippen LogP contribution in [0.25, 0.3) is 6.08 Å². The second kappa shape index (κ2) is 12.0. The topological polar surface area (TPSA) is 51.1 Å². The molecule has 4 rings (SSSR count). The molecule has 3 aromatic carbocycles. The number of benzene rings is 3. The third-order valence-electron chi connectivity index (χ3n) is 5.27. The van der Waals surface area contributed by atoms with E-state index in [-0.39, 0.29) is 18.3 Å². The van der Waals surface area contributed by atoms with Crippen LogP contribution in [-0.4, -0.2) is 29.6 Å². The molecular weight excluding hydrogens is 567 g/mol. The lowest BCUT2D eigenvalue weighted by molar-refractivity contribution is -0.122. The molecule has 1 aliphatic heterocycles. The van der Waals surface area contributed by atoms with Gasteiger partial charge in [-0.3, -0.25) is 9.69 Å². The molecule has 1 aliphatic rings. The van der Waals surface area contributed by atoms with E-state index in [0.29, 0.717) is 43.2 Å². The first-order valence-electron chi connectivity index (χ1n) is 11.2. The number of ether oxygens (including phenoxy) is 2. The van der Waals surface area contributed by atoms with E-state index < -0.39 is 0 Å². The predicted octanol–water partition coefficient (Wildman–Crippen LogP) is 7.84. The summed E-state index contributed by atoms with van der Waals surface area (Å²) in [5, 5.41) is 1.24. The molecule has 0 saturated carbocycles. The Kier molecular flexibility index (Phi) is 8.72. The molecule has 1 heterocycles. The van der Waals surface area contributed by atoms with E-state index in [0.717, 1.165) is 17.7 Å². The molecule has 0 spiro atoms. The second-order valence-electron chi connectivity index (χ2n) is 7.85. The number of hydrogen-bond acceptors (Lipinski definition) is 5. The highest BCUT2D eigenvalue weighted by Crippen LogP contribution is 2.40. The zero-order valence-electron chi connectivity index (χ0n) is 19.6. The Labute approximate surface area is 227 Å². The number of hydrogen-bond donors (Lipinski definition) is 0. The first kappa shape index (κ1) is 26.3. The normalized spacial score (nSPS) is 15.7. The van der Waals surface area contributed by atoms with Crippen molar-refractivity contribution in [1.82, 2.24) is 4.90 Å². The molecule has 0 bridgehead atoms. The zero-order chi connectivity index (χ0) is 25.7. The summed E-state index contributed by atoms with van der Waals surface area (Å²) in [5.74, 6) is 0.470. The van der Waals surface area contributed by atoms with Gasteiger partial charge in [0.25, 0.3) is 5.91 Å². The van der Waals surface area contributed by atoms with Crippen LogP contribution in [0.2, 0.25) is 5.02 Å². The van der Waals surface area contributed by atoms with Gasteiger partial charge < -0.3 is 9.47 Å². The molecule has 9 heteroatoms. The van der Waals surface area contributed by atoms with Crippen LogP contribution in [0, 0.1) is 5.82 Å². The first-order valence-corrected chi connectivity index (χ1v) is 13.2. The molecule has 0 N–H and O–H groups in total. The van der Waals surface area contributed by atoms with Crippen LogP contribution in [0.3, 0.4) is 0 Å². The number of carbonyl (C=O) groups is 1. The number of aliphatic imine (C=N–C) groups is 1. The number of thioether (sulfide) groups is 1. The molecular formula is C27H23BrClFN2O3S. The third kappa shape index (κ3) is 6.11. The number of nitrogens with zero attached hydrogens (tertiary/aromatic N) is 2. The van der Waals surface area contributed by atoms with Crippen molar-refractivity contribution in [3.8, 4) is 11.5 Å². The van der Waals surface area contributed by atoms with Crippen LogP contribution in [0.15, 0.2) is 75.0 Å². The monoisotopic (exact) mass is 588 g/mol. The highest BCUT2D eigenvalue weighted by molar-refractivity contribution is 9.10. The number of amides is 1. The van der Waals surface area contributed by atoms with Gasteiger partial charge in [-0.1, -0.05) is 36.7 Å². The van der Waals surface area contributed by atoms with Crippen LogP contribution >= 0.6 is 39.3 Å². The Hall–Kier alpha value is -2.81. The number of rotatable bonds is 8. The third-order valence-corrected chi connectivity index (χ3v) is 7.11. The summed E-state index contributed by atoms with van der Waals surface area (Å²) < 4.78 is 26.0. The predicted molar refractivity (Wildman–Crippen MR) is 148 cm³/mol. The van der Waals surface area contributed by atoms with Crippen molar-refractivity contribution in [2.75, 3.05) is 13.7 Å². The minimum Gasteiger partial charge on any atom is -0.493 e. The van der Waals surface area contributed by atoms with Gasteiger partial charge in [0, 0.05) is 17.1 Å². The maximum atomic E-state index is 14.0. The van der Waals surface area contributed by atoms with Crippen molar-refractivity contribution in [3.05, 3.63) is 92.0 Å². The average Bonchev–Trinajstić information content (AvgIpc) is 3.14. The highest BCUT2D eigenvalue weighted by atomic mass is 79.9. The summed E-state index contributed by atoms with van der Waals surface area (Å²) in [5.41, 5.74) is 1.91. The van der Waals surface area contributed by atoms with Gasteiger partial charge in [-0.05, 0) is 88.2 Å². The summed E-state index contributed by atoms with van der Waals surface area (Å²) in [6, 6.07) is 17.2. The minimum absolute atomic E-state index is 0.0485. The molecule has 0 aromatic heterocycles. The summed E-state index contributed by atoms with van der Waals surface area (Å²) in [6.45, 7) is 2.62. The van der Waals surface area contributed by atoms with Crippen LogP contribution in [0.4, 0.5) is 10.1 Å². The fourth-order valence-corrected chi connectivity index (χ4v) is 5.24. The van der Waals surface area contributed by atoms with E-state index in [1.165, 1.54) is 24.9 Å². The van der Waals surface area contributed by atoms with Crippen LogP contribution < -0.4 is 9.47 Å². The van der Waals surface area contributed by atoms with E-state index in [1.54, 1.807) is 47.4 Å². The van der Waals surface area contributed by atoms with Gasteiger partial charge in [0.15, 0.2) is 16.7 Å². The van der Waals surface area contributed by atoms with Crippen LogP contribution in [0.1, 0.15) is 24.5 Å². The molecule has 1 amide bonds. The molecule has 0 atom stereocenters. The first-order chi connectivity index (χ1) is 17.4. The van der Waals surface area contributed by atoms with Gasteiger partial charge in [0.2, 0.25) is 0 Å². The van der Waals surface area contributed by atoms with E-state index in [2.05, 4.69) is 20.9 Å². The highest BCUT2D eigenvalue weighted by Gasteiger charge is 2.33. The maximum absolute atomic E-state index is 14.0. The van der Waals surface area contributed by atoms with Gasteiger partial charge in [-0.2, -0.15) is 0 Å². The second-order valence-corrected chi connectivity index (χ2v) is 10.2. The van der Waals surface area contributed by atoms with Crippen LogP contribution in [-0.2, 0) is 11.4 Å². The Morgan fingerprint density at radius 1 is 1.17 bits per heavy atom. The fourth-order valence-electron chi connectivity index (χ4n) is 3.52. The van der Waals surface area contributed by atoms with Crippen molar-refractivity contribution < 1.29 is 18.7 Å². The minimum atomic E-state index is -0.335. The SMILES string of the molecule is CCCN1C(=O)/C(=C/c2cc(Br)c(OCc3ccccc3F)c(OC)c2)SC1=Nc1ccc(Cl)cc1. The molecule has 186 valence electrons. The molecule has 36 heavy (non-hydrogen) atoms. The summed E-state index contributed by atoms with van der Waals surface area (Å²) >= 11 is 10.8. The lowest BCUT2D eigenvalue weighted by atomic mass is 10.1. The number of halogens is 3. The van der Waals surface area contributed by atoms with Crippen molar-refractivity contribution in [2.45, 2.75) is 20.0 Å². The molecule has 0 unspecified atom stereocenters. The lowest BCUT2D eigenvalue weighted by Gasteiger charge is -2.14. The maximum Gasteiger partial charge on any atom is 0.266 e. The standard InChI is InChI=1S/C27H23BrClFN2O3S/c1-3-12-32-26(33)24(36-27(32)31-20-10-8-19(29)9-11-20)15-17-13-21(28)25(23(14-17)34-2)35-16-18-6-4-5-7-22(18)30/h4-11,13-15H,3,12,16H2,1-2H3/b24-15-,31-27?. The zero-order valence-corrected chi connectivity index (χ0v) is 22.8. The summed E-state index contributed by atoms with van der Waals surface area (Å²) in [7, 11) is 1.53. The fraction of sp³-hybridized carbons (Fsp3) is 0.185. The van der Waals surface area contributed by atoms with Crippen LogP contribution in [0.5, 0.6) is 11.5 Å². The van der Waals surface area contributed by atoms with Gasteiger partial charge in [-0.25, -0.2) is 9.38 Å². The number of carbonyl (C=O) groups excluding carboxylic acids is 1. The Morgan fingerprint density at radius 3 is 2.61 bits per heavy atom. The lowest BCUT2D eigenvalue weighted by Crippen LogP contribution is -2.29. The molecule has 1 fully saturated rings. The molecule has 0 radical (unpaired) electrons. The number of methoxy groups -OCH3 is 1. The van der Waals surface area contributed by atoms with Gasteiger partial charge in [0.05, 0.1) is 22.2 Å². The van der Waals surface area contributed by atoms with Crippen molar-refractivity contribution in [3.63, 3.8) is 0 Å². The van der Waals surface area contributed by atoms with Crippen molar-refractivity contribution >= 4 is 62.1 Å². The smallest absolute Gasteiger partial charge is 0.266 e. The molecule has 3 aromatic rings. The Balaban J connectivity index is 1.60. The summed E-state index contributed by atoms with van der Waals surface area (Å²) in [4.78, 5) is 20.1. The molecule has 5 nitrogen and oxygen atoms in total.